The van der Waals surface area contributed by atoms with E-state index in [-0.39, 0.29) is 17.5 Å². The van der Waals surface area contributed by atoms with Crippen LogP contribution in [0.5, 0.6) is 0 Å². The van der Waals surface area contributed by atoms with Gasteiger partial charge in [-0.3, -0.25) is 14.9 Å². The van der Waals surface area contributed by atoms with Crippen LogP contribution in [0, 0.1) is 5.92 Å². The Bertz CT molecular complexity index is 637. The van der Waals surface area contributed by atoms with Gasteiger partial charge in [0.15, 0.2) is 0 Å². The van der Waals surface area contributed by atoms with Gasteiger partial charge in [-0.25, -0.2) is 4.79 Å². The Morgan fingerprint density at radius 1 is 1.19 bits per heavy atom. The summed E-state index contributed by atoms with van der Waals surface area (Å²) in [7, 11) is 1.55. The number of ether oxygens (including phenoxy) is 1. The molecule has 0 bridgehead atoms. The average Bonchev–Trinajstić information content (AvgIpc) is 2.58. The number of halogens is 1. The molecule has 4 amide bonds. The number of carbonyl (C=O) groups is 3. The van der Waals surface area contributed by atoms with E-state index in [2.05, 4.69) is 21.3 Å². The second-order valence-electron chi connectivity index (χ2n) is 5.95. The molecule has 0 aliphatic carbocycles. The fourth-order valence-electron chi connectivity index (χ4n) is 1.87. The number of anilines is 1. The molecule has 0 spiro atoms. The molecule has 0 heterocycles. The first kappa shape index (κ1) is 21.7. The van der Waals surface area contributed by atoms with Crippen molar-refractivity contribution in [3.05, 3.63) is 28.8 Å². The summed E-state index contributed by atoms with van der Waals surface area (Å²) in [6.07, 6.45) is 0. The molecular weight excluding hydrogens is 360 g/mol. The molecule has 0 fully saturated rings. The van der Waals surface area contributed by atoms with Crippen molar-refractivity contribution in [2.24, 2.45) is 5.92 Å². The molecular formula is C17H25ClN4O4. The number of nitrogens with one attached hydrogen (secondary N) is 4. The van der Waals surface area contributed by atoms with E-state index in [0.29, 0.717) is 36.9 Å². The largest absolute Gasteiger partial charge is 0.383 e. The molecule has 0 radical (unpaired) electrons. The first-order valence-corrected chi connectivity index (χ1v) is 8.59. The van der Waals surface area contributed by atoms with Gasteiger partial charge in [-0.2, -0.15) is 0 Å². The van der Waals surface area contributed by atoms with Gasteiger partial charge in [0.2, 0.25) is 5.91 Å². The predicted molar refractivity (Wildman–Crippen MR) is 101 cm³/mol. The first-order valence-electron chi connectivity index (χ1n) is 8.21. The number of benzene rings is 1. The van der Waals surface area contributed by atoms with Crippen molar-refractivity contribution in [1.82, 2.24) is 16.0 Å². The van der Waals surface area contributed by atoms with E-state index in [4.69, 9.17) is 16.3 Å². The zero-order valence-corrected chi connectivity index (χ0v) is 15.9. The molecule has 4 N–H and O–H groups in total. The molecule has 0 saturated heterocycles. The lowest BCUT2D eigenvalue weighted by Gasteiger charge is -2.11. The van der Waals surface area contributed by atoms with Crippen LogP contribution in [0.3, 0.4) is 0 Å². The fraction of sp³-hybridized carbons (Fsp3) is 0.471. The van der Waals surface area contributed by atoms with Gasteiger partial charge in [0.25, 0.3) is 5.91 Å². The molecule has 9 heteroatoms. The molecule has 0 aliphatic heterocycles. The van der Waals surface area contributed by atoms with Crippen molar-refractivity contribution in [2.45, 2.75) is 13.8 Å². The van der Waals surface area contributed by atoms with Gasteiger partial charge < -0.3 is 20.7 Å². The molecule has 0 unspecified atom stereocenters. The number of hydrogen-bond acceptors (Lipinski definition) is 5. The van der Waals surface area contributed by atoms with Crippen molar-refractivity contribution in [3.63, 3.8) is 0 Å². The molecule has 0 atom stereocenters. The molecule has 144 valence electrons. The van der Waals surface area contributed by atoms with Crippen LogP contribution >= 0.6 is 11.6 Å². The van der Waals surface area contributed by atoms with Gasteiger partial charge in [-0.05, 0) is 24.1 Å². The Kier molecular flexibility index (Phi) is 9.46. The minimum Gasteiger partial charge on any atom is -0.383 e. The van der Waals surface area contributed by atoms with E-state index in [9.17, 15) is 14.4 Å². The Hall–Kier alpha value is -2.32. The Labute approximate surface area is 158 Å². The fourth-order valence-corrected chi connectivity index (χ4v) is 2.13. The second kappa shape index (κ2) is 11.3. The van der Waals surface area contributed by atoms with Gasteiger partial charge >= 0.3 is 6.03 Å². The molecule has 26 heavy (non-hydrogen) atoms. The lowest BCUT2D eigenvalue weighted by Crippen LogP contribution is -2.43. The second-order valence-corrected chi connectivity index (χ2v) is 6.36. The van der Waals surface area contributed by atoms with Crippen LogP contribution in [0.15, 0.2) is 18.2 Å². The van der Waals surface area contributed by atoms with Crippen molar-refractivity contribution in [2.75, 3.05) is 38.7 Å². The highest BCUT2D eigenvalue weighted by atomic mass is 35.5. The lowest BCUT2D eigenvalue weighted by molar-refractivity contribution is -0.118. The predicted octanol–water partition coefficient (Wildman–Crippen LogP) is 1.61. The first-order chi connectivity index (χ1) is 12.3. The van der Waals surface area contributed by atoms with Crippen molar-refractivity contribution >= 4 is 35.1 Å². The quantitative estimate of drug-likeness (QED) is 0.484. The summed E-state index contributed by atoms with van der Waals surface area (Å²) in [5, 5.41) is 10.6. The van der Waals surface area contributed by atoms with Gasteiger partial charge in [-0.1, -0.05) is 25.4 Å². The van der Waals surface area contributed by atoms with Crippen molar-refractivity contribution in [1.29, 1.82) is 0 Å². The number of urea groups is 1. The van der Waals surface area contributed by atoms with Gasteiger partial charge in [0.05, 0.1) is 23.7 Å². The van der Waals surface area contributed by atoms with Crippen LogP contribution in [-0.2, 0) is 9.53 Å². The summed E-state index contributed by atoms with van der Waals surface area (Å²) >= 11 is 6.11. The Balaban J connectivity index is 2.48. The minimum absolute atomic E-state index is 0.106. The Morgan fingerprint density at radius 3 is 2.54 bits per heavy atom. The zero-order valence-electron chi connectivity index (χ0n) is 15.1. The highest BCUT2D eigenvalue weighted by Crippen LogP contribution is 2.20. The van der Waals surface area contributed by atoms with Crippen molar-refractivity contribution < 1.29 is 19.1 Å². The van der Waals surface area contributed by atoms with E-state index in [1.54, 1.807) is 25.3 Å². The average molecular weight is 385 g/mol. The molecule has 0 saturated carbocycles. The standard InChI is InChI=1S/C17H25ClN4O4/c1-11(2)9-21-17(25)22-15(23)10-20-12-4-5-13(14(18)8-12)16(24)19-6-7-26-3/h4-5,8,11,20H,6-7,9-10H2,1-3H3,(H,19,24)(H2,21,22,23,25). The summed E-state index contributed by atoms with van der Waals surface area (Å²) in [6, 6.07) is 4.19. The number of carbonyl (C=O) groups excluding carboxylic acids is 3. The number of amides is 4. The molecule has 1 aromatic carbocycles. The normalized spacial score (nSPS) is 10.3. The number of methoxy groups -OCH3 is 1. The third-order valence-corrected chi connectivity index (χ3v) is 3.50. The maximum atomic E-state index is 12.0. The van der Waals surface area contributed by atoms with Crippen LogP contribution in [0.4, 0.5) is 10.5 Å². The van der Waals surface area contributed by atoms with Crippen LogP contribution in [-0.4, -0.2) is 51.2 Å². The molecule has 8 nitrogen and oxygen atoms in total. The van der Waals surface area contributed by atoms with E-state index < -0.39 is 11.9 Å². The monoisotopic (exact) mass is 384 g/mol. The smallest absolute Gasteiger partial charge is 0.321 e. The van der Waals surface area contributed by atoms with E-state index in [1.165, 1.54) is 0 Å². The molecule has 1 aromatic rings. The van der Waals surface area contributed by atoms with E-state index in [0.717, 1.165) is 0 Å². The highest BCUT2D eigenvalue weighted by Gasteiger charge is 2.12. The number of rotatable bonds is 9. The Morgan fingerprint density at radius 2 is 1.92 bits per heavy atom. The molecule has 0 aromatic heterocycles. The number of hydrogen-bond donors (Lipinski definition) is 4. The third kappa shape index (κ3) is 8.17. The van der Waals surface area contributed by atoms with Crippen LogP contribution < -0.4 is 21.3 Å². The van der Waals surface area contributed by atoms with Gasteiger partial charge in [0.1, 0.15) is 0 Å². The molecule has 1 rings (SSSR count). The van der Waals surface area contributed by atoms with Gasteiger partial charge in [-0.15, -0.1) is 0 Å². The third-order valence-electron chi connectivity index (χ3n) is 3.18. The summed E-state index contributed by atoms with van der Waals surface area (Å²) in [4.78, 5) is 35.2. The number of imide groups is 1. The molecule has 0 aliphatic rings. The van der Waals surface area contributed by atoms with Crippen LogP contribution in [0.25, 0.3) is 0 Å². The summed E-state index contributed by atoms with van der Waals surface area (Å²) in [5.74, 6) is -0.497. The highest BCUT2D eigenvalue weighted by molar-refractivity contribution is 6.34. The van der Waals surface area contributed by atoms with Crippen molar-refractivity contribution in [3.8, 4) is 0 Å². The lowest BCUT2D eigenvalue weighted by atomic mass is 10.2. The zero-order chi connectivity index (χ0) is 19.5. The van der Waals surface area contributed by atoms with E-state index >= 15 is 0 Å². The van der Waals surface area contributed by atoms with Crippen LogP contribution in [0.2, 0.25) is 5.02 Å². The maximum absolute atomic E-state index is 12.0. The maximum Gasteiger partial charge on any atom is 0.321 e. The summed E-state index contributed by atoms with van der Waals surface area (Å²) < 4.78 is 4.86. The van der Waals surface area contributed by atoms with E-state index in [1.807, 2.05) is 13.8 Å². The topological polar surface area (TPSA) is 109 Å². The van der Waals surface area contributed by atoms with Crippen LogP contribution in [0.1, 0.15) is 24.2 Å². The summed E-state index contributed by atoms with van der Waals surface area (Å²) in [6.45, 7) is 5.07. The SMILES string of the molecule is COCCNC(=O)c1ccc(NCC(=O)NC(=O)NCC(C)C)cc1Cl. The van der Waals surface area contributed by atoms with Gasteiger partial charge in [0, 0.05) is 25.9 Å². The summed E-state index contributed by atoms with van der Waals surface area (Å²) in [5.41, 5.74) is 0.881. The minimum atomic E-state index is -0.536.